The summed E-state index contributed by atoms with van der Waals surface area (Å²) in [6, 6.07) is -1.34. The fourth-order valence-electron chi connectivity index (χ4n) is 2.03. The summed E-state index contributed by atoms with van der Waals surface area (Å²) >= 11 is 0. The minimum atomic E-state index is -1.39. The van der Waals surface area contributed by atoms with Crippen LogP contribution in [0.25, 0.3) is 0 Å². The van der Waals surface area contributed by atoms with Crippen LogP contribution in [0.3, 0.4) is 0 Å². The highest BCUT2D eigenvalue weighted by Crippen LogP contribution is 2.37. The van der Waals surface area contributed by atoms with Gasteiger partial charge in [0.15, 0.2) is 5.78 Å². The molecule has 0 aromatic rings. The Hall–Kier alpha value is -1.85. The van der Waals surface area contributed by atoms with Crippen molar-refractivity contribution in [3.63, 3.8) is 0 Å². The number of allylic oxidation sites excluding steroid dienone is 1. The van der Waals surface area contributed by atoms with Crippen molar-refractivity contribution in [3.8, 4) is 0 Å². The van der Waals surface area contributed by atoms with E-state index in [1.165, 1.54) is 13.0 Å². The lowest BCUT2D eigenvalue weighted by Gasteiger charge is -2.28. The summed E-state index contributed by atoms with van der Waals surface area (Å²) in [5.74, 6) is -1.69. The number of carbonyl (C=O) groups excluding carboxylic acids is 1. The van der Waals surface area contributed by atoms with Crippen molar-refractivity contribution in [3.05, 3.63) is 12.7 Å². The van der Waals surface area contributed by atoms with Crippen molar-refractivity contribution in [2.24, 2.45) is 5.41 Å². The lowest BCUT2D eigenvalue weighted by molar-refractivity contribution is -0.146. The monoisotopic (exact) mass is 227 g/mol. The smallest absolute Gasteiger partial charge is 0.408 e. The summed E-state index contributed by atoms with van der Waals surface area (Å²) in [4.78, 5) is 34.3. The molecule has 1 fully saturated rings. The fraction of sp³-hybridized carbons (Fsp3) is 0.500. The van der Waals surface area contributed by atoms with Crippen molar-refractivity contribution in [1.82, 2.24) is 4.90 Å². The first-order chi connectivity index (χ1) is 7.34. The van der Waals surface area contributed by atoms with Crippen molar-refractivity contribution >= 4 is 17.8 Å². The number of Topliss-reactive ketones (excluding diaryl/α,β-unsaturated/α-hetero) is 1. The van der Waals surface area contributed by atoms with Crippen molar-refractivity contribution in [2.75, 3.05) is 6.54 Å². The number of carboxylic acid groups (broad SMARTS) is 2. The van der Waals surface area contributed by atoms with E-state index in [0.29, 0.717) is 4.90 Å². The third-order valence-electron chi connectivity index (χ3n) is 2.91. The number of hydrogen-bond acceptors (Lipinski definition) is 3. The Morgan fingerprint density at radius 3 is 2.56 bits per heavy atom. The summed E-state index contributed by atoms with van der Waals surface area (Å²) in [6.45, 7) is 4.54. The van der Waals surface area contributed by atoms with E-state index in [9.17, 15) is 14.4 Å². The Bertz CT molecular complexity index is 364. The molecule has 1 rings (SSSR count). The maximum absolute atomic E-state index is 11.7. The Balaban J connectivity index is 3.17. The van der Waals surface area contributed by atoms with Gasteiger partial charge in [-0.05, 0) is 13.3 Å². The minimum absolute atomic E-state index is 0.145. The van der Waals surface area contributed by atoms with Crippen LogP contribution in [0.2, 0.25) is 0 Å². The highest BCUT2D eigenvalue weighted by Gasteiger charge is 2.55. The molecule has 0 bridgehead atoms. The standard InChI is InChI=1S/C10H13NO5/c1-3-4-10(2)6(12)5-11(9(15)16)7(10)8(13)14/h3,7H,1,4-5H2,2H3,(H,13,14)(H,15,16)/t7-,10?/m1/s1. The number of nitrogens with zero attached hydrogens (tertiary/aromatic N) is 1. The van der Waals surface area contributed by atoms with Gasteiger partial charge in [-0.3, -0.25) is 9.69 Å². The third kappa shape index (κ3) is 1.66. The molecule has 2 atom stereocenters. The molecule has 0 aliphatic carbocycles. The Morgan fingerprint density at radius 2 is 2.19 bits per heavy atom. The Morgan fingerprint density at radius 1 is 1.62 bits per heavy atom. The molecule has 6 nitrogen and oxygen atoms in total. The van der Waals surface area contributed by atoms with Gasteiger partial charge in [0, 0.05) is 0 Å². The van der Waals surface area contributed by atoms with Crippen LogP contribution in [-0.2, 0) is 9.59 Å². The van der Waals surface area contributed by atoms with E-state index < -0.39 is 23.5 Å². The predicted octanol–water partition coefficient (Wildman–Crippen LogP) is 0.585. The van der Waals surface area contributed by atoms with E-state index >= 15 is 0 Å². The van der Waals surface area contributed by atoms with E-state index in [1.54, 1.807) is 0 Å². The second-order valence-electron chi connectivity index (χ2n) is 3.98. The second-order valence-corrected chi connectivity index (χ2v) is 3.98. The highest BCUT2D eigenvalue weighted by atomic mass is 16.4. The molecule has 0 radical (unpaired) electrons. The van der Waals surface area contributed by atoms with Gasteiger partial charge < -0.3 is 10.2 Å². The summed E-state index contributed by atoms with van der Waals surface area (Å²) in [5, 5.41) is 17.9. The Kier molecular flexibility index (Phi) is 3.02. The zero-order chi connectivity index (χ0) is 12.5. The van der Waals surface area contributed by atoms with Crippen LogP contribution in [0.5, 0.6) is 0 Å². The van der Waals surface area contributed by atoms with E-state index in [4.69, 9.17) is 10.2 Å². The van der Waals surface area contributed by atoms with Crippen molar-refractivity contribution < 1.29 is 24.6 Å². The number of likely N-dealkylation sites (tertiary alicyclic amines) is 1. The lowest BCUT2D eigenvalue weighted by atomic mass is 9.78. The van der Waals surface area contributed by atoms with Gasteiger partial charge in [0.2, 0.25) is 0 Å². The molecule has 16 heavy (non-hydrogen) atoms. The van der Waals surface area contributed by atoms with Gasteiger partial charge >= 0.3 is 12.1 Å². The molecule has 1 aliphatic heterocycles. The minimum Gasteiger partial charge on any atom is -0.480 e. The zero-order valence-corrected chi connectivity index (χ0v) is 8.84. The molecule has 88 valence electrons. The van der Waals surface area contributed by atoms with Gasteiger partial charge in [0.1, 0.15) is 6.04 Å². The number of amides is 1. The largest absolute Gasteiger partial charge is 0.480 e. The lowest BCUT2D eigenvalue weighted by Crippen LogP contribution is -2.47. The van der Waals surface area contributed by atoms with Crippen LogP contribution in [0.15, 0.2) is 12.7 Å². The van der Waals surface area contributed by atoms with Crippen molar-refractivity contribution in [2.45, 2.75) is 19.4 Å². The molecule has 6 heteroatoms. The van der Waals surface area contributed by atoms with E-state index in [2.05, 4.69) is 6.58 Å². The maximum atomic E-state index is 11.7. The molecule has 0 aromatic carbocycles. The van der Waals surface area contributed by atoms with Gasteiger partial charge in [0.05, 0.1) is 12.0 Å². The van der Waals surface area contributed by atoms with Gasteiger partial charge in [-0.1, -0.05) is 6.08 Å². The molecule has 1 heterocycles. The number of carbonyl (C=O) groups is 3. The molecule has 1 saturated heterocycles. The second kappa shape index (κ2) is 3.96. The van der Waals surface area contributed by atoms with Crippen LogP contribution in [0.1, 0.15) is 13.3 Å². The first-order valence-corrected chi connectivity index (χ1v) is 4.71. The van der Waals surface area contributed by atoms with Crippen LogP contribution >= 0.6 is 0 Å². The van der Waals surface area contributed by atoms with E-state index in [-0.39, 0.29) is 18.7 Å². The molecular formula is C10H13NO5. The van der Waals surface area contributed by atoms with Gasteiger partial charge in [0.25, 0.3) is 0 Å². The zero-order valence-electron chi connectivity index (χ0n) is 8.84. The quantitative estimate of drug-likeness (QED) is 0.688. The number of carboxylic acids is 1. The summed E-state index contributed by atoms with van der Waals surface area (Å²) in [5.41, 5.74) is -1.22. The number of hydrogen-bond donors (Lipinski definition) is 2. The maximum Gasteiger partial charge on any atom is 0.408 e. The summed E-state index contributed by atoms with van der Waals surface area (Å²) in [7, 11) is 0. The number of ketones is 1. The molecule has 1 amide bonds. The van der Waals surface area contributed by atoms with Crippen LogP contribution < -0.4 is 0 Å². The Labute approximate surface area is 92.2 Å². The molecule has 2 N–H and O–H groups in total. The molecule has 1 unspecified atom stereocenters. The molecular weight excluding hydrogens is 214 g/mol. The fourth-order valence-corrected chi connectivity index (χ4v) is 2.03. The summed E-state index contributed by atoms with van der Waals surface area (Å²) < 4.78 is 0. The molecule has 0 aromatic heterocycles. The van der Waals surface area contributed by atoms with E-state index in [1.807, 2.05) is 0 Å². The van der Waals surface area contributed by atoms with Crippen LogP contribution in [0, 0.1) is 5.41 Å². The van der Waals surface area contributed by atoms with Crippen LogP contribution in [-0.4, -0.2) is 45.5 Å². The molecule has 0 spiro atoms. The molecule has 0 saturated carbocycles. The van der Waals surface area contributed by atoms with Gasteiger partial charge in [-0.25, -0.2) is 9.59 Å². The third-order valence-corrected chi connectivity index (χ3v) is 2.91. The SMILES string of the molecule is C=CCC1(C)C(=O)CN(C(=O)O)[C@@H]1C(=O)O. The molecule has 1 aliphatic rings. The van der Waals surface area contributed by atoms with Crippen LogP contribution in [0.4, 0.5) is 4.79 Å². The number of rotatable bonds is 3. The number of aliphatic carboxylic acids is 1. The van der Waals surface area contributed by atoms with E-state index in [0.717, 1.165) is 0 Å². The average molecular weight is 227 g/mol. The first-order valence-electron chi connectivity index (χ1n) is 4.71. The first kappa shape index (κ1) is 12.2. The van der Waals surface area contributed by atoms with Gasteiger partial charge in [-0.15, -0.1) is 6.58 Å². The highest BCUT2D eigenvalue weighted by molar-refractivity contribution is 5.99. The van der Waals surface area contributed by atoms with Crippen molar-refractivity contribution in [1.29, 1.82) is 0 Å². The normalized spacial score (nSPS) is 29.2. The summed E-state index contributed by atoms with van der Waals surface area (Å²) in [6.07, 6.45) is 0.180. The topological polar surface area (TPSA) is 94.9 Å². The predicted molar refractivity (Wildman–Crippen MR) is 54.1 cm³/mol. The average Bonchev–Trinajstić information content (AvgIpc) is 2.40. The van der Waals surface area contributed by atoms with Gasteiger partial charge in [-0.2, -0.15) is 0 Å².